The van der Waals surface area contributed by atoms with Crippen molar-refractivity contribution in [2.75, 3.05) is 18.5 Å². The van der Waals surface area contributed by atoms with E-state index in [0.29, 0.717) is 12.5 Å². The Labute approximate surface area is 139 Å². The lowest BCUT2D eigenvalue weighted by Gasteiger charge is -2.30. The molecule has 1 aliphatic carbocycles. The van der Waals surface area contributed by atoms with Crippen molar-refractivity contribution in [1.29, 1.82) is 0 Å². The highest BCUT2D eigenvalue weighted by Crippen LogP contribution is 2.27. The Morgan fingerprint density at radius 1 is 1.22 bits per heavy atom. The molecule has 3 N–H and O–H groups in total. The number of rotatable bonds is 7. The van der Waals surface area contributed by atoms with Gasteiger partial charge in [0.25, 0.3) is 0 Å². The highest BCUT2D eigenvalue weighted by Gasteiger charge is 2.23. The maximum atomic E-state index is 12.2. The van der Waals surface area contributed by atoms with E-state index < -0.39 is 0 Å². The van der Waals surface area contributed by atoms with Crippen LogP contribution >= 0.6 is 0 Å². The number of aliphatic hydroxyl groups is 1. The zero-order valence-electron chi connectivity index (χ0n) is 14.4. The number of benzene rings is 1. The smallest absolute Gasteiger partial charge is 0.238 e. The number of hydrogen-bond donors (Lipinski definition) is 3. The van der Waals surface area contributed by atoms with Gasteiger partial charge in [0.05, 0.1) is 6.54 Å². The molecule has 0 spiro atoms. The van der Waals surface area contributed by atoms with E-state index in [1.807, 2.05) is 25.1 Å². The van der Waals surface area contributed by atoms with Crippen molar-refractivity contribution in [2.45, 2.75) is 58.4 Å². The molecule has 1 aromatic carbocycles. The van der Waals surface area contributed by atoms with E-state index in [0.717, 1.165) is 12.1 Å². The summed E-state index contributed by atoms with van der Waals surface area (Å²) in [5, 5.41) is 15.6. The van der Waals surface area contributed by atoms with Crippen LogP contribution in [-0.4, -0.2) is 30.2 Å². The summed E-state index contributed by atoms with van der Waals surface area (Å²) >= 11 is 0. The average Bonchev–Trinajstić information content (AvgIpc) is 2.56. The van der Waals surface area contributed by atoms with Crippen LogP contribution in [0.4, 0.5) is 5.69 Å². The lowest BCUT2D eigenvalue weighted by molar-refractivity contribution is -0.115. The van der Waals surface area contributed by atoms with Gasteiger partial charge in [-0.2, -0.15) is 0 Å². The van der Waals surface area contributed by atoms with Crippen molar-refractivity contribution in [3.63, 3.8) is 0 Å². The summed E-state index contributed by atoms with van der Waals surface area (Å²) in [5.41, 5.74) is 3.24. The second kappa shape index (κ2) is 9.04. The predicted octanol–water partition coefficient (Wildman–Crippen LogP) is 3.16. The molecule has 4 heteroatoms. The summed E-state index contributed by atoms with van der Waals surface area (Å²) in [6, 6.07) is 6.20. The standard InChI is InChI=1S/C19H30N2O2/c1-14-8-9-17(12-15(14)2)21-19(23)13-20-18(10-11-22)16-6-4-3-5-7-16/h8-9,12,16,18,20,22H,3-7,10-11,13H2,1-2H3,(H,21,23). The van der Waals surface area contributed by atoms with Crippen LogP contribution in [-0.2, 0) is 4.79 Å². The van der Waals surface area contributed by atoms with Gasteiger partial charge in [-0.3, -0.25) is 4.79 Å². The molecule has 0 heterocycles. The maximum Gasteiger partial charge on any atom is 0.238 e. The maximum absolute atomic E-state index is 12.2. The minimum absolute atomic E-state index is 0.0213. The molecule has 0 aliphatic heterocycles. The highest BCUT2D eigenvalue weighted by atomic mass is 16.3. The van der Waals surface area contributed by atoms with E-state index in [4.69, 9.17) is 0 Å². The van der Waals surface area contributed by atoms with Crippen LogP contribution in [0.3, 0.4) is 0 Å². The Balaban J connectivity index is 1.84. The lowest BCUT2D eigenvalue weighted by atomic mass is 9.83. The van der Waals surface area contributed by atoms with Gasteiger partial charge in [0.15, 0.2) is 0 Å². The Morgan fingerprint density at radius 2 is 1.96 bits per heavy atom. The van der Waals surface area contributed by atoms with E-state index >= 15 is 0 Å². The summed E-state index contributed by atoms with van der Waals surface area (Å²) in [7, 11) is 0. The molecule has 0 radical (unpaired) electrons. The Hall–Kier alpha value is -1.39. The number of amides is 1. The third-order valence-electron chi connectivity index (χ3n) is 4.97. The quantitative estimate of drug-likeness (QED) is 0.724. The van der Waals surface area contributed by atoms with Crippen LogP contribution in [0.1, 0.15) is 49.7 Å². The summed E-state index contributed by atoms with van der Waals surface area (Å²) in [4.78, 5) is 12.2. The molecular formula is C19H30N2O2. The monoisotopic (exact) mass is 318 g/mol. The second-order valence-electron chi connectivity index (χ2n) is 6.74. The van der Waals surface area contributed by atoms with Gasteiger partial charge < -0.3 is 15.7 Å². The first-order valence-electron chi connectivity index (χ1n) is 8.81. The highest BCUT2D eigenvalue weighted by molar-refractivity contribution is 5.92. The first-order chi connectivity index (χ1) is 11.1. The number of carbonyl (C=O) groups excluding carboxylic acids is 1. The van der Waals surface area contributed by atoms with Crippen LogP contribution in [0.2, 0.25) is 0 Å². The minimum atomic E-state index is -0.0213. The van der Waals surface area contributed by atoms with E-state index in [1.165, 1.54) is 43.2 Å². The molecule has 1 amide bonds. The molecule has 128 valence electrons. The van der Waals surface area contributed by atoms with Crippen LogP contribution in [0, 0.1) is 19.8 Å². The largest absolute Gasteiger partial charge is 0.396 e. The topological polar surface area (TPSA) is 61.4 Å². The van der Waals surface area contributed by atoms with E-state index in [2.05, 4.69) is 17.6 Å². The normalized spacial score (nSPS) is 17.0. The molecule has 1 atom stereocenters. The third-order valence-corrected chi connectivity index (χ3v) is 4.97. The fourth-order valence-corrected chi connectivity index (χ4v) is 3.43. The zero-order chi connectivity index (χ0) is 16.7. The molecule has 1 fully saturated rings. The molecule has 23 heavy (non-hydrogen) atoms. The number of aliphatic hydroxyl groups excluding tert-OH is 1. The van der Waals surface area contributed by atoms with E-state index in [-0.39, 0.29) is 18.6 Å². The number of nitrogens with one attached hydrogen (secondary N) is 2. The zero-order valence-corrected chi connectivity index (χ0v) is 14.4. The van der Waals surface area contributed by atoms with Crippen LogP contribution in [0.5, 0.6) is 0 Å². The fraction of sp³-hybridized carbons (Fsp3) is 0.632. The second-order valence-corrected chi connectivity index (χ2v) is 6.74. The summed E-state index contributed by atoms with van der Waals surface area (Å²) in [6.07, 6.45) is 6.98. The fourth-order valence-electron chi connectivity index (χ4n) is 3.43. The molecule has 4 nitrogen and oxygen atoms in total. The van der Waals surface area contributed by atoms with Crippen molar-refractivity contribution < 1.29 is 9.90 Å². The van der Waals surface area contributed by atoms with Crippen LogP contribution < -0.4 is 10.6 Å². The van der Waals surface area contributed by atoms with Crippen molar-refractivity contribution in [2.24, 2.45) is 5.92 Å². The van der Waals surface area contributed by atoms with E-state index in [1.54, 1.807) is 0 Å². The van der Waals surface area contributed by atoms with Crippen molar-refractivity contribution in [3.05, 3.63) is 29.3 Å². The summed E-state index contributed by atoms with van der Waals surface area (Å²) in [5.74, 6) is 0.567. The van der Waals surface area contributed by atoms with Gasteiger partial charge in [0.2, 0.25) is 5.91 Å². The van der Waals surface area contributed by atoms with Crippen LogP contribution in [0.25, 0.3) is 0 Å². The predicted molar refractivity (Wildman–Crippen MR) is 94.6 cm³/mol. The van der Waals surface area contributed by atoms with E-state index in [9.17, 15) is 9.90 Å². The Kier molecular flexibility index (Phi) is 7.06. The lowest BCUT2D eigenvalue weighted by Crippen LogP contribution is -2.42. The Bertz CT molecular complexity index is 510. The van der Waals surface area contributed by atoms with Crippen molar-refractivity contribution in [3.8, 4) is 0 Å². The van der Waals surface area contributed by atoms with Crippen molar-refractivity contribution in [1.82, 2.24) is 5.32 Å². The van der Waals surface area contributed by atoms with Gasteiger partial charge in [-0.25, -0.2) is 0 Å². The minimum Gasteiger partial charge on any atom is -0.396 e. The summed E-state index contributed by atoms with van der Waals surface area (Å²) < 4.78 is 0. The van der Waals surface area contributed by atoms with Crippen LogP contribution in [0.15, 0.2) is 18.2 Å². The molecule has 0 bridgehead atoms. The number of hydrogen-bond acceptors (Lipinski definition) is 3. The molecule has 1 unspecified atom stereocenters. The number of anilines is 1. The summed E-state index contributed by atoms with van der Waals surface area (Å²) in [6.45, 7) is 4.58. The SMILES string of the molecule is Cc1ccc(NC(=O)CNC(CCO)C2CCCCC2)cc1C. The average molecular weight is 318 g/mol. The molecule has 1 saturated carbocycles. The Morgan fingerprint density at radius 3 is 2.61 bits per heavy atom. The van der Waals surface area contributed by atoms with Gasteiger partial charge >= 0.3 is 0 Å². The molecule has 2 rings (SSSR count). The molecular weight excluding hydrogens is 288 g/mol. The molecule has 1 aliphatic rings. The molecule has 1 aromatic rings. The molecule has 0 saturated heterocycles. The van der Waals surface area contributed by atoms with Gasteiger partial charge in [-0.15, -0.1) is 0 Å². The first-order valence-corrected chi connectivity index (χ1v) is 8.81. The van der Waals surface area contributed by atoms with Gasteiger partial charge in [0.1, 0.15) is 0 Å². The van der Waals surface area contributed by atoms with Gasteiger partial charge in [-0.05, 0) is 62.3 Å². The number of carbonyl (C=O) groups is 1. The first kappa shape index (κ1) is 18.0. The van der Waals surface area contributed by atoms with Gasteiger partial charge in [0, 0.05) is 18.3 Å². The van der Waals surface area contributed by atoms with Gasteiger partial charge in [-0.1, -0.05) is 25.3 Å². The number of aryl methyl sites for hydroxylation is 2. The third kappa shape index (κ3) is 5.63. The molecule has 0 aromatic heterocycles. The van der Waals surface area contributed by atoms with Crippen molar-refractivity contribution >= 4 is 11.6 Å².